The van der Waals surface area contributed by atoms with Crippen LogP contribution in [0.15, 0.2) is 4.52 Å². The largest absolute Gasteiger partial charge is 0.339 e. The highest BCUT2D eigenvalue weighted by Crippen LogP contribution is 2.26. The van der Waals surface area contributed by atoms with Gasteiger partial charge in [0.1, 0.15) is 0 Å². The SMILES string of the molecule is CCCCCCN1CCC(c2nc(C)no2)CC1. The standard InChI is InChI=1S/C14H25N3O/c1-3-4-5-6-9-17-10-7-13(8-11-17)14-15-12(2)16-18-14/h13H,3-11H2,1-2H3. The molecule has 4 nitrogen and oxygen atoms in total. The molecule has 0 bridgehead atoms. The first-order chi connectivity index (χ1) is 8.79. The van der Waals surface area contributed by atoms with Gasteiger partial charge in [-0.3, -0.25) is 0 Å². The molecule has 2 rings (SSSR count). The molecule has 1 saturated heterocycles. The van der Waals surface area contributed by atoms with E-state index in [1.54, 1.807) is 0 Å². The maximum absolute atomic E-state index is 5.27. The van der Waals surface area contributed by atoms with Gasteiger partial charge in [-0.15, -0.1) is 0 Å². The van der Waals surface area contributed by atoms with Crippen molar-refractivity contribution in [2.24, 2.45) is 0 Å². The van der Waals surface area contributed by atoms with Crippen LogP contribution in [0.2, 0.25) is 0 Å². The van der Waals surface area contributed by atoms with Crippen LogP contribution in [0.3, 0.4) is 0 Å². The number of rotatable bonds is 6. The zero-order valence-electron chi connectivity index (χ0n) is 11.7. The summed E-state index contributed by atoms with van der Waals surface area (Å²) in [7, 11) is 0. The summed E-state index contributed by atoms with van der Waals surface area (Å²) in [6.07, 6.45) is 7.73. The van der Waals surface area contributed by atoms with E-state index in [-0.39, 0.29) is 0 Å². The quantitative estimate of drug-likeness (QED) is 0.728. The van der Waals surface area contributed by atoms with Crippen molar-refractivity contribution < 1.29 is 4.52 Å². The van der Waals surface area contributed by atoms with E-state index >= 15 is 0 Å². The third-order valence-electron chi connectivity index (χ3n) is 3.81. The molecule has 1 aliphatic rings. The third-order valence-corrected chi connectivity index (χ3v) is 3.81. The molecule has 0 amide bonds. The lowest BCUT2D eigenvalue weighted by Gasteiger charge is -2.30. The van der Waals surface area contributed by atoms with Crippen LogP contribution in [0.25, 0.3) is 0 Å². The summed E-state index contributed by atoms with van der Waals surface area (Å²) >= 11 is 0. The molecule has 18 heavy (non-hydrogen) atoms. The van der Waals surface area contributed by atoms with Crippen LogP contribution in [-0.2, 0) is 0 Å². The first-order valence-corrected chi connectivity index (χ1v) is 7.32. The van der Waals surface area contributed by atoms with Crippen molar-refractivity contribution in [2.45, 2.75) is 58.3 Å². The lowest BCUT2D eigenvalue weighted by molar-refractivity contribution is 0.191. The van der Waals surface area contributed by atoms with Crippen LogP contribution >= 0.6 is 0 Å². The van der Waals surface area contributed by atoms with Crippen molar-refractivity contribution in [3.05, 3.63) is 11.7 Å². The van der Waals surface area contributed by atoms with E-state index in [0.717, 1.165) is 24.6 Å². The number of hydrogen-bond acceptors (Lipinski definition) is 4. The van der Waals surface area contributed by atoms with Crippen molar-refractivity contribution in [1.82, 2.24) is 15.0 Å². The van der Waals surface area contributed by atoms with Crippen molar-refractivity contribution >= 4 is 0 Å². The summed E-state index contributed by atoms with van der Waals surface area (Å²) in [6.45, 7) is 7.76. The summed E-state index contributed by atoms with van der Waals surface area (Å²) in [5, 5.41) is 3.88. The number of unbranched alkanes of at least 4 members (excludes halogenated alkanes) is 3. The summed E-state index contributed by atoms with van der Waals surface area (Å²) in [6, 6.07) is 0. The summed E-state index contributed by atoms with van der Waals surface area (Å²) in [5.74, 6) is 2.09. The van der Waals surface area contributed by atoms with E-state index in [9.17, 15) is 0 Å². The summed E-state index contributed by atoms with van der Waals surface area (Å²) in [4.78, 5) is 6.93. The van der Waals surface area contributed by atoms with Gasteiger partial charge in [0.25, 0.3) is 0 Å². The van der Waals surface area contributed by atoms with Crippen LogP contribution in [0.4, 0.5) is 0 Å². The van der Waals surface area contributed by atoms with Crippen LogP contribution in [-0.4, -0.2) is 34.7 Å². The zero-order chi connectivity index (χ0) is 12.8. The van der Waals surface area contributed by atoms with Crippen LogP contribution in [0.1, 0.15) is 63.1 Å². The van der Waals surface area contributed by atoms with Crippen molar-refractivity contribution in [3.8, 4) is 0 Å². The minimum Gasteiger partial charge on any atom is -0.339 e. The molecule has 2 heterocycles. The minimum atomic E-state index is 0.484. The molecule has 0 saturated carbocycles. The molecule has 0 radical (unpaired) electrons. The highest BCUT2D eigenvalue weighted by molar-refractivity contribution is 4.95. The first-order valence-electron chi connectivity index (χ1n) is 7.32. The molecule has 1 aromatic rings. The van der Waals surface area contributed by atoms with E-state index < -0.39 is 0 Å². The van der Waals surface area contributed by atoms with Gasteiger partial charge in [0.15, 0.2) is 5.82 Å². The highest BCUT2D eigenvalue weighted by atomic mass is 16.5. The average molecular weight is 251 g/mol. The van der Waals surface area contributed by atoms with E-state index in [4.69, 9.17) is 4.52 Å². The van der Waals surface area contributed by atoms with Gasteiger partial charge in [-0.25, -0.2) is 0 Å². The molecule has 0 aliphatic carbocycles. The minimum absolute atomic E-state index is 0.484. The summed E-state index contributed by atoms with van der Waals surface area (Å²) < 4.78 is 5.27. The fourth-order valence-electron chi connectivity index (χ4n) is 2.64. The number of aromatic nitrogens is 2. The number of hydrogen-bond donors (Lipinski definition) is 0. The Kier molecular flexibility index (Phi) is 5.17. The zero-order valence-corrected chi connectivity index (χ0v) is 11.7. The maximum atomic E-state index is 5.27. The smallest absolute Gasteiger partial charge is 0.229 e. The fraction of sp³-hybridized carbons (Fsp3) is 0.857. The maximum Gasteiger partial charge on any atom is 0.229 e. The number of likely N-dealkylation sites (tertiary alicyclic amines) is 1. The second kappa shape index (κ2) is 6.88. The average Bonchev–Trinajstić information content (AvgIpc) is 2.82. The van der Waals surface area contributed by atoms with Crippen LogP contribution in [0.5, 0.6) is 0 Å². The number of aryl methyl sites for hydroxylation is 1. The van der Waals surface area contributed by atoms with Gasteiger partial charge in [0, 0.05) is 5.92 Å². The molecular formula is C14H25N3O. The molecule has 1 aliphatic heterocycles. The number of nitrogens with zero attached hydrogens (tertiary/aromatic N) is 3. The third kappa shape index (κ3) is 3.80. The molecule has 1 aromatic heterocycles. The molecule has 4 heteroatoms. The van der Waals surface area contributed by atoms with Gasteiger partial charge >= 0.3 is 0 Å². The summed E-state index contributed by atoms with van der Waals surface area (Å²) in [5.41, 5.74) is 0. The van der Waals surface area contributed by atoms with Crippen molar-refractivity contribution in [1.29, 1.82) is 0 Å². The molecular weight excluding hydrogens is 226 g/mol. The highest BCUT2D eigenvalue weighted by Gasteiger charge is 2.24. The van der Waals surface area contributed by atoms with Gasteiger partial charge < -0.3 is 9.42 Å². The number of piperidine rings is 1. The molecule has 1 fully saturated rings. The Morgan fingerprint density at radius 1 is 1.22 bits per heavy atom. The van der Waals surface area contributed by atoms with Gasteiger partial charge in [-0.05, 0) is 45.8 Å². The van der Waals surface area contributed by atoms with Crippen molar-refractivity contribution in [2.75, 3.05) is 19.6 Å². The molecule has 0 unspecified atom stereocenters. The van der Waals surface area contributed by atoms with E-state index in [0.29, 0.717) is 5.92 Å². The Balaban J connectivity index is 1.68. The van der Waals surface area contributed by atoms with E-state index in [1.165, 1.54) is 45.3 Å². The van der Waals surface area contributed by atoms with Gasteiger partial charge in [-0.2, -0.15) is 4.98 Å². The predicted octanol–water partition coefficient (Wildman–Crippen LogP) is 3.14. The van der Waals surface area contributed by atoms with Crippen LogP contribution in [0, 0.1) is 6.92 Å². The molecule has 0 N–H and O–H groups in total. The predicted molar refractivity (Wildman–Crippen MR) is 71.6 cm³/mol. The second-order valence-corrected chi connectivity index (χ2v) is 5.36. The van der Waals surface area contributed by atoms with Crippen molar-refractivity contribution in [3.63, 3.8) is 0 Å². The normalized spacial score (nSPS) is 18.3. The molecule has 0 aromatic carbocycles. The Bertz CT molecular complexity index is 343. The lowest BCUT2D eigenvalue weighted by Crippen LogP contribution is -2.33. The van der Waals surface area contributed by atoms with Gasteiger partial charge in [0.05, 0.1) is 0 Å². The van der Waals surface area contributed by atoms with E-state index in [1.807, 2.05) is 6.92 Å². The van der Waals surface area contributed by atoms with Gasteiger partial charge in [-0.1, -0.05) is 31.3 Å². The Morgan fingerprint density at radius 2 is 2.00 bits per heavy atom. The topological polar surface area (TPSA) is 42.2 Å². The first kappa shape index (κ1) is 13.5. The molecule has 0 spiro atoms. The second-order valence-electron chi connectivity index (χ2n) is 5.36. The Labute approximate surface area is 110 Å². The lowest BCUT2D eigenvalue weighted by atomic mass is 9.96. The fourth-order valence-corrected chi connectivity index (χ4v) is 2.64. The van der Waals surface area contributed by atoms with Crippen LogP contribution < -0.4 is 0 Å². The molecule has 102 valence electrons. The monoisotopic (exact) mass is 251 g/mol. The van der Waals surface area contributed by atoms with Gasteiger partial charge in [0.2, 0.25) is 5.89 Å². The molecule has 0 atom stereocenters. The Morgan fingerprint density at radius 3 is 2.61 bits per heavy atom. The Hall–Kier alpha value is -0.900. The van der Waals surface area contributed by atoms with E-state index in [2.05, 4.69) is 22.0 Å².